The van der Waals surface area contributed by atoms with Crippen molar-refractivity contribution in [2.45, 2.75) is 13.1 Å². The third kappa shape index (κ3) is 6.64. The zero-order chi connectivity index (χ0) is 31.3. The number of nitrogens with one attached hydrogen (secondary N) is 3. The highest BCUT2D eigenvalue weighted by Crippen LogP contribution is 2.36. The van der Waals surface area contributed by atoms with Gasteiger partial charge in [0.15, 0.2) is 5.82 Å². The van der Waals surface area contributed by atoms with Gasteiger partial charge < -0.3 is 25.2 Å². The van der Waals surface area contributed by atoms with Gasteiger partial charge in [0, 0.05) is 49.2 Å². The molecular formula is C34H37N8O3+. The number of aromatic nitrogens is 2. The molecule has 3 N–H and O–H groups in total. The van der Waals surface area contributed by atoms with E-state index in [4.69, 9.17) is 9.72 Å². The summed E-state index contributed by atoms with van der Waals surface area (Å²) in [6, 6.07) is 22.8. The molecule has 11 heteroatoms. The van der Waals surface area contributed by atoms with Gasteiger partial charge in [0.25, 0.3) is 0 Å². The molecule has 0 bridgehead atoms. The summed E-state index contributed by atoms with van der Waals surface area (Å²) in [6.07, 6.45) is 2.95. The molecule has 3 aromatic carbocycles. The number of nitrogens with zero attached hydrogens (tertiary/aromatic N) is 5. The second kappa shape index (κ2) is 13.2. The molecule has 1 fully saturated rings. The van der Waals surface area contributed by atoms with Crippen LogP contribution in [0.4, 0.5) is 39.3 Å². The molecule has 230 valence electrons. The molecule has 3 heterocycles. The summed E-state index contributed by atoms with van der Waals surface area (Å²) in [5.41, 5.74) is 4.79. The third-order valence-corrected chi connectivity index (χ3v) is 8.10. The van der Waals surface area contributed by atoms with Crippen molar-refractivity contribution in [2.24, 2.45) is 0 Å². The molecule has 11 nitrogen and oxygen atoms in total. The number of hydrogen-bond acceptors (Lipinski definition) is 7. The van der Waals surface area contributed by atoms with Gasteiger partial charge in [-0.2, -0.15) is 4.98 Å². The lowest BCUT2D eigenvalue weighted by Gasteiger charge is -2.36. The van der Waals surface area contributed by atoms with Gasteiger partial charge in [-0.15, -0.1) is 0 Å². The van der Waals surface area contributed by atoms with Crippen molar-refractivity contribution in [3.05, 3.63) is 103 Å². The first-order valence-electron chi connectivity index (χ1n) is 14.9. The highest BCUT2D eigenvalue weighted by molar-refractivity contribution is 6.03. The van der Waals surface area contributed by atoms with Crippen LogP contribution in [0.25, 0.3) is 0 Å². The number of carbonyl (C=O) groups is 2. The van der Waals surface area contributed by atoms with Gasteiger partial charge in [0.05, 0.1) is 38.1 Å². The molecule has 0 radical (unpaired) electrons. The Labute approximate surface area is 262 Å². The number of benzene rings is 3. The summed E-state index contributed by atoms with van der Waals surface area (Å²) >= 11 is 0. The summed E-state index contributed by atoms with van der Waals surface area (Å²) in [4.78, 5) is 42.7. The number of amides is 3. The summed E-state index contributed by atoms with van der Waals surface area (Å²) in [6.45, 7) is 8.44. The first-order chi connectivity index (χ1) is 21.9. The van der Waals surface area contributed by atoms with E-state index in [1.54, 1.807) is 41.3 Å². The third-order valence-electron chi connectivity index (χ3n) is 8.10. The van der Waals surface area contributed by atoms with Crippen LogP contribution in [0.2, 0.25) is 0 Å². The average Bonchev–Trinajstić information content (AvgIpc) is 3.06. The smallest absolute Gasteiger partial charge is 0.330 e. The Morgan fingerprint density at radius 2 is 1.87 bits per heavy atom. The largest absolute Gasteiger partial charge is 0.494 e. The molecule has 1 saturated heterocycles. The van der Waals surface area contributed by atoms with Crippen LogP contribution in [0, 0.1) is 0 Å². The first kappa shape index (κ1) is 29.8. The predicted octanol–water partition coefficient (Wildman–Crippen LogP) is 4.09. The normalized spacial score (nSPS) is 15.4. The van der Waals surface area contributed by atoms with Gasteiger partial charge in [-0.1, -0.05) is 43.0 Å². The van der Waals surface area contributed by atoms with Gasteiger partial charge in [0.2, 0.25) is 11.9 Å². The molecule has 45 heavy (non-hydrogen) atoms. The Balaban J connectivity index is 1.33. The fourth-order valence-corrected chi connectivity index (χ4v) is 5.66. The number of quaternary nitrogens is 1. The number of likely N-dealkylation sites (N-methyl/N-ethyl adjacent to an activating group) is 1. The average molecular weight is 606 g/mol. The van der Waals surface area contributed by atoms with E-state index in [0.717, 1.165) is 43.0 Å². The number of fused-ring (bicyclic) bond motifs is 1. The second-order valence-corrected chi connectivity index (χ2v) is 11.2. The monoisotopic (exact) mass is 605 g/mol. The van der Waals surface area contributed by atoms with Crippen LogP contribution in [0.3, 0.4) is 0 Å². The van der Waals surface area contributed by atoms with Gasteiger partial charge in [-0.25, -0.2) is 14.7 Å². The van der Waals surface area contributed by atoms with Gasteiger partial charge in [-0.3, -0.25) is 9.69 Å². The maximum atomic E-state index is 14.1. The molecule has 3 amide bonds. The molecular weight excluding hydrogens is 568 g/mol. The number of anilines is 5. The van der Waals surface area contributed by atoms with E-state index < -0.39 is 0 Å². The maximum absolute atomic E-state index is 14.1. The van der Waals surface area contributed by atoms with E-state index in [0.29, 0.717) is 42.0 Å². The number of hydrogen-bond donors (Lipinski definition) is 3. The number of urea groups is 1. The minimum absolute atomic E-state index is 0.236. The number of piperazine rings is 1. The van der Waals surface area contributed by atoms with Crippen LogP contribution in [0.5, 0.6) is 5.75 Å². The van der Waals surface area contributed by atoms with E-state index in [1.807, 2.05) is 42.5 Å². The minimum Gasteiger partial charge on any atom is -0.494 e. The second-order valence-electron chi connectivity index (χ2n) is 11.2. The maximum Gasteiger partial charge on any atom is 0.330 e. The topological polar surface area (TPSA) is 107 Å². The SMILES string of the molecule is C=CC(=O)Nc1cccc(N2C(=O)N(Cc3ccccc3)Cc3cnc(Nc4ccc([NH+]5CCN(C)CC5)cc4OC)nc32)c1. The van der Waals surface area contributed by atoms with Gasteiger partial charge in [0.1, 0.15) is 11.4 Å². The summed E-state index contributed by atoms with van der Waals surface area (Å²) in [7, 11) is 3.80. The van der Waals surface area contributed by atoms with Crippen molar-refractivity contribution in [3.63, 3.8) is 0 Å². The summed E-state index contributed by atoms with van der Waals surface area (Å²) < 4.78 is 5.76. The van der Waals surface area contributed by atoms with Crippen molar-refractivity contribution < 1.29 is 19.2 Å². The minimum atomic E-state index is -0.341. The van der Waals surface area contributed by atoms with Crippen molar-refractivity contribution >= 4 is 46.5 Å². The number of rotatable bonds is 9. The Bertz CT molecular complexity index is 1710. The molecule has 0 saturated carbocycles. The quantitative estimate of drug-likeness (QED) is 0.247. The van der Waals surface area contributed by atoms with Crippen LogP contribution < -0.4 is 25.2 Å². The Morgan fingerprint density at radius 3 is 2.62 bits per heavy atom. The van der Waals surface area contributed by atoms with Crippen molar-refractivity contribution in [3.8, 4) is 5.75 Å². The highest BCUT2D eigenvalue weighted by Gasteiger charge is 2.34. The van der Waals surface area contributed by atoms with Crippen LogP contribution >= 0.6 is 0 Å². The van der Waals surface area contributed by atoms with Gasteiger partial charge in [-0.05, 0) is 43.0 Å². The Kier molecular flexibility index (Phi) is 8.72. The van der Waals surface area contributed by atoms with E-state index >= 15 is 0 Å². The highest BCUT2D eigenvalue weighted by atomic mass is 16.5. The molecule has 0 spiro atoms. The zero-order valence-electron chi connectivity index (χ0n) is 25.5. The van der Waals surface area contributed by atoms with Crippen LogP contribution in [-0.4, -0.2) is 72.0 Å². The number of carbonyl (C=O) groups excluding carboxylic acids is 2. The van der Waals surface area contributed by atoms with Crippen LogP contribution in [0.1, 0.15) is 11.1 Å². The predicted molar refractivity (Wildman–Crippen MR) is 175 cm³/mol. The molecule has 2 aliphatic heterocycles. The standard InChI is InChI=1S/C34H36N8O3/c1-4-31(43)36-26-11-8-12-28(19-26)42-32-25(23-41(34(42)44)22-24-9-6-5-7-10-24)21-35-33(38-32)37-29-14-13-27(20-30(29)45-3)40-17-15-39(2)16-18-40/h4-14,19-21H,1,15-18,22-23H2,2-3H3,(H,36,43)(H,35,37,38)/p+1. The molecule has 4 aromatic rings. The van der Waals surface area contributed by atoms with E-state index in [9.17, 15) is 9.59 Å². The molecule has 0 unspecified atom stereocenters. The number of methoxy groups -OCH3 is 1. The fourth-order valence-electron chi connectivity index (χ4n) is 5.66. The fraction of sp³-hybridized carbons (Fsp3) is 0.235. The Hall–Kier alpha value is -5.26. The van der Waals surface area contributed by atoms with Crippen LogP contribution in [-0.2, 0) is 17.9 Å². The van der Waals surface area contributed by atoms with Crippen LogP contribution in [0.15, 0.2) is 91.6 Å². The molecule has 1 aromatic heterocycles. The molecule has 0 atom stereocenters. The van der Waals surface area contributed by atoms with Gasteiger partial charge >= 0.3 is 6.03 Å². The van der Waals surface area contributed by atoms with E-state index in [2.05, 4.69) is 46.3 Å². The lowest BCUT2D eigenvalue weighted by molar-refractivity contribution is -0.838. The number of ether oxygens (including phenoxy) is 1. The Morgan fingerprint density at radius 1 is 1.07 bits per heavy atom. The molecule has 0 aliphatic carbocycles. The van der Waals surface area contributed by atoms with E-state index in [-0.39, 0.29) is 11.9 Å². The summed E-state index contributed by atoms with van der Waals surface area (Å²) in [5.74, 6) is 1.14. The molecule has 6 rings (SSSR count). The van der Waals surface area contributed by atoms with E-state index in [1.165, 1.54) is 16.7 Å². The lowest BCUT2D eigenvalue weighted by atomic mass is 10.1. The lowest BCUT2D eigenvalue weighted by Crippen LogP contribution is -3.10. The first-order valence-corrected chi connectivity index (χ1v) is 14.9. The van der Waals surface area contributed by atoms with Crippen molar-refractivity contribution in [1.29, 1.82) is 0 Å². The van der Waals surface area contributed by atoms with Crippen molar-refractivity contribution in [2.75, 3.05) is 55.9 Å². The van der Waals surface area contributed by atoms with Crippen molar-refractivity contribution in [1.82, 2.24) is 19.8 Å². The zero-order valence-corrected chi connectivity index (χ0v) is 25.5. The summed E-state index contributed by atoms with van der Waals surface area (Å²) in [5, 5.41) is 6.09. The molecule has 2 aliphatic rings.